The fourth-order valence-corrected chi connectivity index (χ4v) is 3.16. The molecule has 0 aliphatic carbocycles. The van der Waals surface area contributed by atoms with Gasteiger partial charge in [-0.1, -0.05) is 13.0 Å². The van der Waals surface area contributed by atoms with Crippen molar-refractivity contribution in [2.45, 2.75) is 19.2 Å². The largest absolute Gasteiger partial charge is 0.352 e. The highest BCUT2D eigenvalue weighted by Gasteiger charge is 2.22. The van der Waals surface area contributed by atoms with Crippen LogP contribution in [-0.2, 0) is 5.88 Å². The van der Waals surface area contributed by atoms with Gasteiger partial charge in [0, 0.05) is 32.4 Å². The molecule has 0 amide bonds. The third-order valence-corrected chi connectivity index (χ3v) is 4.20. The minimum Gasteiger partial charge on any atom is -0.352 e. The molecule has 0 atom stereocenters. The summed E-state index contributed by atoms with van der Waals surface area (Å²) >= 11 is 6.15. The van der Waals surface area contributed by atoms with Gasteiger partial charge in [-0.25, -0.2) is 4.98 Å². The predicted octanol–water partition coefficient (Wildman–Crippen LogP) is 2.61. The van der Waals surface area contributed by atoms with Crippen molar-refractivity contribution in [3.8, 4) is 0 Å². The molecule has 1 aliphatic heterocycles. The number of hydrogen-bond acceptors (Lipinski definition) is 3. The molecule has 3 rings (SSSR count). The number of nitrogens with zero attached hydrogens (tertiary/aromatic N) is 4. The van der Waals surface area contributed by atoms with Crippen LogP contribution in [0.5, 0.6) is 0 Å². The highest BCUT2D eigenvalue weighted by molar-refractivity contribution is 6.17. The number of halogens is 1. The summed E-state index contributed by atoms with van der Waals surface area (Å²) in [5.74, 6) is 1.55. The minimum atomic E-state index is 0.496. The van der Waals surface area contributed by atoms with Gasteiger partial charge in [0.1, 0.15) is 5.65 Å². The van der Waals surface area contributed by atoms with E-state index in [-0.39, 0.29) is 0 Å². The van der Waals surface area contributed by atoms with Crippen molar-refractivity contribution < 1.29 is 0 Å². The van der Waals surface area contributed by atoms with Gasteiger partial charge in [-0.15, -0.1) is 11.6 Å². The topological polar surface area (TPSA) is 23.8 Å². The van der Waals surface area contributed by atoms with Crippen LogP contribution in [0.15, 0.2) is 24.4 Å². The normalized spacial score (nSPS) is 17.0. The van der Waals surface area contributed by atoms with Crippen LogP contribution in [0, 0.1) is 0 Å². The lowest BCUT2D eigenvalue weighted by molar-refractivity contribution is 0.258. The lowest BCUT2D eigenvalue weighted by Gasteiger charge is -2.35. The van der Waals surface area contributed by atoms with Crippen LogP contribution in [-0.4, -0.2) is 47.0 Å². The number of alkyl halides is 1. The molecule has 0 saturated carbocycles. The summed E-state index contributed by atoms with van der Waals surface area (Å²) in [5.41, 5.74) is 2.08. The van der Waals surface area contributed by atoms with Gasteiger partial charge in [0.25, 0.3) is 0 Å². The lowest BCUT2D eigenvalue weighted by atomic mass is 10.3. The van der Waals surface area contributed by atoms with E-state index in [9.17, 15) is 0 Å². The van der Waals surface area contributed by atoms with E-state index in [1.165, 1.54) is 13.0 Å². The van der Waals surface area contributed by atoms with Crippen LogP contribution in [0.2, 0.25) is 0 Å². The van der Waals surface area contributed by atoms with Crippen molar-refractivity contribution >= 4 is 23.1 Å². The zero-order valence-electron chi connectivity index (χ0n) is 11.9. The third-order valence-electron chi connectivity index (χ3n) is 3.95. The third kappa shape index (κ3) is 2.50. The van der Waals surface area contributed by atoms with E-state index < -0.39 is 0 Å². The van der Waals surface area contributed by atoms with Crippen molar-refractivity contribution in [1.29, 1.82) is 0 Å². The van der Waals surface area contributed by atoms with E-state index in [4.69, 9.17) is 16.6 Å². The summed E-state index contributed by atoms with van der Waals surface area (Å²) in [6.07, 6.45) is 3.26. The molecule has 108 valence electrons. The molecule has 1 fully saturated rings. The SMILES string of the molecule is CCCN1CCN(c2nc3ccccn3c2CCl)CC1. The van der Waals surface area contributed by atoms with E-state index in [2.05, 4.69) is 21.1 Å². The zero-order chi connectivity index (χ0) is 13.9. The second-order valence-corrected chi connectivity index (χ2v) is 5.54. The van der Waals surface area contributed by atoms with Crippen LogP contribution in [0.25, 0.3) is 5.65 Å². The summed E-state index contributed by atoms with van der Waals surface area (Å²) < 4.78 is 2.10. The van der Waals surface area contributed by atoms with Gasteiger partial charge in [0.15, 0.2) is 5.82 Å². The van der Waals surface area contributed by atoms with Gasteiger partial charge < -0.3 is 9.30 Å². The molecule has 0 radical (unpaired) electrons. The highest BCUT2D eigenvalue weighted by atomic mass is 35.5. The minimum absolute atomic E-state index is 0.496. The molecule has 3 heterocycles. The molecule has 1 saturated heterocycles. The standard InChI is InChI=1S/C15H21ClN4/c1-2-6-18-8-10-19(11-9-18)15-13(12-16)20-7-4-3-5-14(20)17-15/h3-5,7H,2,6,8-12H2,1H3. The summed E-state index contributed by atoms with van der Waals surface area (Å²) in [7, 11) is 0. The molecule has 0 bridgehead atoms. The van der Waals surface area contributed by atoms with Gasteiger partial charge >= 0.3 is 0 Å². The number of pyridine rings is 1. The molecule has 0 aromatic carbocycles. The number of anilines is 1. The summed E-state index contributed by atoms with van der Waals surface area (Å²) in [6, 6.07) is 6.07. The Kier molecular flexibility index (Phi) is 4.13. The zero-order valence-corrected chi connectivity index (χ0v) is 12.7. The number of imidazole rings is 1. The first-order valence-electron chi connectivity index (χ1n) is 7.32. The fourth-order valence-electron chi connectivity index (χ4n) is 2.91. The molecule has 2 aromatic rings. The first-order chi connectivity index (χ1) is 9.83. The molecule has 1 aliphatic rings. The molecule has 0 unspecified atom stereocenters. The second-order valence-electron chi connectivity index (χ2n) is 5.27. The maximum Gasteiger partial charge on any atom is 0.152 e. The Morgan fingerprint density at radius 1 is 1.20 bits per heavy atom. The molecule has 2 aromatic heterocycles. The van der Waals surface area contributed by atoms with E-state index in [1.807, 2.05) is 24.4 Å². The maximum atomic E-state index is 6.15. The highest BCUT2D eigenvalue weighted by Crippen LogP contribution is 2.24. The molecule has 20 heavy (non-hydrogen) atoms. The van der Waals surface area contributed by atoms with E-state index >= 15 is 0 Å². The smallest absolute Gasteiger partial charge is 0.152 e. The van der Waals surface area contributed by atoms with Gasteiger partial charge in [0.05, 0.1) is 11.6 Å². The molecule has 0 spiro atoms. The van der Waals surface area contributed by atoms with Crippen LogP contribution in [0.3, 0.4) is 0 Å². The Labute approximate surface area is 125 Å². The van der Waals surface area contributed by atoms with E-state index in [0.29, 0.717) is 5.88 Å². The summed E-state index contributed by atoms with van der Waals surface area (Å²) in [4.78, 5) is 9.66. The first kappa shape index (κ1) is 13.7. The molecule has 5 heteroatoms. The van der Waals surface area contributed by atoms with Crippen molar-refractivity contribution in [2.24, 2.45) is 0 Å². The van der Waals surface area contributed by atoms with Crippen molar-refractivity contribution in [1.82, 2.24) is 14.3 Å². The number of fused-ring (bicyclic) bond motifs is 1. The summed E-state index contributed by atoms with van der Waals surface area (Å²) in [5, 5.41) is 0. The average Bonchev–Trinajstić information content (AvgIpc) is 2.87. The molecular weight excluding hydrogens is 272 g/mol. The summed E-state index contributed by atoms with van der Waals surface area (Å²) in [6.45, 7) is 7.73. The Balaban J connectivity index is 1.84. The Morgan fingerprint density at radius 2 is 2.00 bits per heavy atom. The van der Waals surface area contributed by atoms with E-state index in [0.717, 1.165) is 43.3 Å². The van der Waals surface area contributed by atoms with Crippen LogP contribution < -0.4 is 4.90 Å². The van der Waals surface area contributed by atoms with Crippen molar-refractivity contribution in [3.63, 3.8) is 0 Å². The Bertz CT molecular complexity index is 572. The number of piperazine rings is 1. The fraction of sp³-hybridized carbons (Fsp3) is 0.533. The number of rotatable bonds is 4. The van der Waals surface area contributed by atoms with Gasteiger partial charge in [-0.2, -0.15) is 0 Å². The maximum absolute atomic E-state index is 6.15. The quantitative estimate of drug-likeness (QED) is 0.810. The van der Waals surface area contributed by atoms with E-state index in [1.54, 1.807) is 0 Å². The van der Waals surface area contributed by atoms with Crippen LogP contribution >= 0.6 is 11.6 Å². The number of hydrogen-bond donors (Lipinski definition) is 0. The lowest BCUT2D eigenvalue weighted by Crippen LogP contribution is -2.47. The molecule has 0 N–H and O–H groups in total. The monoisotopic (exact) mass is 292 g/mol. The Hall–Kier alpha value is -1.26. The van der Waals surface area contributed by atoms with Crippen LogP contribution in [0.1, 0.15) is 19.0 Å². The van der Waals surface area contributed by atoms with Gasteiger partial charge in [0.2, 0.25) is 0 Å². The average molecular weight is 293 g/mol. The second kappa shape index (κ2) is 6.02. The van der Waals surface area contributed by atoms with Gasteiger partial charge in [-0.3, -0.25) is 4.90 Å². The van der Waals surface area contributed by atoms with Gasteiger partial charge in [-0.05, 0) is 25.1 Å². The van der Waals surface area contributed by atoms with Crippen molar-refractivity contribution in [3.05, 3.63) is 30.1 Å². The van der Waals surface area contributed by atoms with Crippen LogP contribution in [0.4, 0.5) is 5.82 Å². The van der Waals surface area contributed by atoms with Crippen molar-refractivity contribution in [2.75, 3.05) is 37.6 Å². The Morgan fingerprint density at radius 3 is 2.70 bits per heavy atom. The predicted molar refractivity (Wildman–Crippen MR) is 83.7 cm³/mol. The molecule has 4 nitrogen and oxygen atoms in total. The number of aromatic nitrogens is 2. The molecular formula is C15H21ClN4. The first-order valence-corrected chi connectivity index (χ1v) is 7.86.